The highest BCUT2D eigenvalue weighted by atomic mass is 16.3. The maximum absolute atomic E-state index is 11.8. The maximum Gasteiger partial charge on any atom is 0.220 e. The van der Waals surface area contributed by atoms with Crippen LogP contribution in [0.5, 0.6) is 0 Å². The van der Waals surface area contributed by atoms with Gasteiger partial charge in [-0.2, -0.15) is 0 Å². The van der Waals surface area contributed by atoms with Gasteiger partial charge in [-0.3, -0.25) is 9.59 Å². The molecule has 0 unspecified atom stereocenters. The first-order valence-electron chi connectivity index (χ1n) is 7.86. The molecule has 0 aliphatic heterocycles. The van der Waals surface area contributed by atoms with Gasteiger partial charge in [0.1, 0.15) is 11.9 Å². The van der Waals surface area contributed by atoms with E-state index in [-0.39, 0.29) is 49.6 Å². The molecule has 0 aromatic rings. The van der Waals surface area contributed by atoms with E-state index in [4.69, 9.17) is 5.11 Å². The third kappa shape index (κ3) is 6.00. The van der Waals surface area contributed by atoms with E-state index in [0.29, 0.717) is 12.8 Å². The summed E-state index contributed by atoms with van der Waals surface area (Å²) in [6.45, 7) is 4.06. The van der Waals surface area contributed by atoms with Crippen molar-refractivity contribution in [3.05, 3.63) is 0 Å². The quantitative estimate of drug-likeness (QED) is 0.370. The maximum atomic E-state index is 11.8. The van der Waals surface area contributed by atoms with Crippen LogP contribution in [0.15, 0.2) is 0 Å². The molecule has 1 aliphatic rings. The summed E-state index contributed by atoms with van der Waals surface area (Å²) in [5.41, 5.74) is 0. The van der Waals surface area contributed by atoms with Crippen LogP contribution >= 0.6 is 0 Å². The number of carbonyl (C=O) groups excluding carboxylic acids is 2. The summed E-state index contributed by atoms with van der Waals surface area (Å²) in [5.74, 6) is -0.560. The number of hydrogen-bond donors (Lipinski definition) is 5. The number of aliphatic hydroxyl groups excluding tert-OH is 3. The number of Topliss-reactive ketones (excluding diaryl/α,β-unsaturated/α-hetero) is 1. The number of rotatable bonds is 9. The van der Waals surface area contributed by atoms with Gasteiger partial charge in [-0.25, -0.2) is 0 Å². The van der Waals surface area contributed by atoms with Gasteiger partial charge in [0.05, 0.1) is 18.7 Å². The molecule has 0 bridgehead atoms. The van der Waals surface area contributed by atoms with Crippen LogP contribution in [0.3, 0.4) is 0 Å². The summed E-state index contributed by atoms with van der Waals surface area (Å²) in [7, 11) is 0. The minimum absolute atomic E-state index is 0.0333. The lowest BCUT2D eigenvalue weighted by Crippen LogP contribution is -2.43. The van der Waals surface area contributed by atoms with E-state index in [2.05, 4.69) is 10.6 Å². The zero-order valence-electron chi connectivity index (χ0n) is 13.3. The lowest BCUT2D eigenvalue weighted by Gasteiger charge is -2.18. The van der Waals surface area contributed by atoms with Crippen LogP contribution < -0.4 is 10.6 Å². The van der Waals surface area contributed by atoms with Gasteiger partial charge in [0, 0.05) is 25.5 Å². The summed E-state index contributed by atoms with van der Waals surface area (Å²) in [4.78, 5) is 23.4. The van der Waals surface area contributed by atoms with Gasteiger partial charge in [0.2, 0.25) is 5.91 Å². The molecular formula is C15H28N2O5. The van der Waals surface area contributed by atoms with Crippen molar-refractivity contribution in [2.24, 2.45) is 5.92 Å². The topological polar surface area (TPSA) is 119 Å². The Morgan fingerprint density at radius 3 is 2.45 bits per heavy atom. The highest BCUT2D eigenvalue weighted by molar-refractivity contribution is 5.86. The second-order valence-electron chi connectivity index (χ2n) is 6.24. The fraction of sp³-hybridized carbons (Fsp3) is 0.867. The Labute approximate surface area is 131 Å². The second kappa shape index (κ2) is 9.19. The third-order valence-electron chi connectivity index (χ3n) is 3.99. The highest BCUT2D eigenvalue weighted by Gasteiger charge is 2.41. The molecule has 1 fully saturated rings. The molecule has 7 nitrogen and oxygen atoms in total. The first-order chi connectivity index (χ1) is 10.3. The van der Waals surface area contributed by atoms with E-state index in [0.717, 1.165) is 0 Å². The Bertz CT molecular complexity index is 375. The first kappa shape index (κ1) is 19.0. The molecule has 7 heteroatoms. The summed E-state index contributed by atoms with van der Waals surface area (Å²) >= 11 is 0. The van der Waals surface area contributed by atoms with Crippen LogP contribution in [0.1, 0.15) is 39.5 Å². The van der Waals surface area contributed by atoms with E-state index >= 15 is 0 Å². The van der Waals surface area contributed by atoms with Gasteiger partial charge in [-0.1, -0.05) is 13.8 Å². The van der Waals surface area contributed by atoms with Crippen LogP contribution in [0.25, 0.3) is 0 Å². The van der Waals surface area contributed by atoms with Crippen molar-refractivity contribution >= 4 is 11.7 Å². The van der Waals surface area contributed by atoms with E-state index in [1.54, 1.807) is 0 Å². The van der Waals surface area contributed by atoms with E-state index < -0.39 is 18.2 Å². The summed E-state index contributed by atoms with van der Waals surface area (Å²) in [6, 6.07) is -0.306. The van der Waals surface area contributed by atoms with Crippen molar-refractivity contribution in [3.8, 4) is 0 Å². The lowest BCUT2D eigenvalue weighted by atomic mass is 10.0. The summed E-state index contributed by atoms with van der Waals surface area (Å²) in [6.07, 6.45) is -0.922. The van der Waals surface area contributed by atoms with Gasteiger partial charge in [-0.05, 0) is 18.8 Å². The second-order valence-corrected chi connectivity index (χ2v) is 6.24. The minimum atomic E-state index is -1.03. The van der Waals surface area contributed by atoms with Crippen molar-refractivity contribution in [1.82, 2.24) is 10.6 Å². The number of amides is 1. The Morgan fingerprint density at radius 2 is 1.86 bits per heavy atom. The van der Waals surface area contributed by atoms with Gasteiger partial charge >= 0.3 is 0 Å². The van der Waals surface area contributed by atoms with Gasteiger partial charge in [-0.15, -0.1) is 0 Å². The normalized spacial score (nSPS) is 28.1. The van der Waals surface area contributed by atoms with E-state index in [1.165, 1.54) is 0 Å². The van der Waals surface area contributed by atoms with Gasteiger partial charge in [0.25, 0.3) is 0 Å². The number of hydrogen-bond acceptors (Lipinski definition) is 6. The van der Waals surface area contributed by atoms with Gasteiger partial charge in [0.15, 0.2) is 0 Å². The van der Waals surface area contributed by atoms with Crippen LogP contribution in [-0.2, 0) is 9.59 Å². The highest BCUT2D eigenvalue weighted by Crippen LogP contribution is 2.29. The molecule has 0 saturated heterocycles. The molecule has 1 aliphatic carbocycles. The minimum Gasteiger partial charge on any atom is -0.396 e. The van der Waals surface area contributed by atoms with E-state index in [9.17, 15) is 19.8 Å². The molecule has 0 radical (unpaired) electrons. The van der Waals surface area contributed by atoms with Crippen molar-refractivity contribution in [1.29, 1.82) is 0 Å². The number of ketones is 1. The zero-order chi connectivity index (χ0) is 16.7. The Balaban J connectivity index is 2.31. The van der Waals surface area contributed by atoms with Crippen LogP contribution in [-0.4, -0.2) is 64.5 Å². The summed E-state index contributed by atoms with van der Waals surface area (Å²) < 4.78 is 0. The molecule has 1 rings (SSSR count). The summed E-state index contributed by atoms with van der Waals surface area (Å²) in [5, 5.41) is 34.3. The van der Waals surface area contributed by atoms with Crippen LogP contribution in [0.4, 0.5) is 0 Å². The molecule has 4 atom stereocenters. The average Bonchev–Trinajstić information content (AvgIpc) is 2.71. The number of carbonyl (C=O) groups is 2. The standard InChI is InChI=1S/C15H28N2O5/c1-9(2)16-8-11(19)3-4-13(20)17-12-7-10(5-6-18)14(21)15(12)22/h9-10,12,14-16,18,21-22H,3-8H2,1-2H3,(H,17,20)/t10-,12+,14+,15-/m0/s1. The fourth-order valence-electron chi connectivity index (χ4n) is 2.66. The first-order valence-corrected chi connectivity index (χ1v) is 7.86. The molecule has 1 amide bonds. The third-order valence-corrected chi connectivity index (χ3v) is 3.99. The lowest BCUT2D eigenvalue weighted by molar-refractivity contribution is -0.126. The molecule has 22 heavy (non-hydrogen) atoms. The van der Waals surface area contributed by atoms with Crippen molar-refractivity contribution < 1.29 is 24.9 Å². The number of nitrogens with one attached hydrogen (secondary N) is 2. The smallest absolute Gasteiger partial charge is 0.220 e. The van der Waals surface area contributed by atoms with E-state index in [1.807, 2.05) is 13.8 Å². The van der Waals surface area contributed by atoms with Crippen LogP contribution in [0, 0.1) is 5.92 Å². The largest absolute Gasteiger partial charge is 0.396 e. The van der Waals surface area contributed by atoms with Crippen molar-refractivity contribution in [3.63, 3.8) is 0 Å². The molecule has 128 valence electrons. The predicted molar refractivity (Wildman–Crippen MR) is 81.1 cm³/mol. The van der Waals surface area contributed by atoms with Crippen molar-refractivity contribution in [2.45, 2.75) is 63.8 Å². The van der Waals surface area contributed by atoms with Gasteiger partial charge < -0.3 is 26.0 Å². The van der Waals surface area contributed by atoms with Crippen molar-refractivity contribution in [2.75, 3.05) is 13.2 Å². The Morgan fingerprint density at radius 1 is 1.18 bits per heavy atom. The number of aliphatic hydroxyl groups is 3. The predicted octanol–water partition coefficient (Wildman–Crippen LogP) is -1.06. The zero-order valence-corrected chi connectivity index (χ0v) is 13.3. The monoisotopic (exact) mass is 316 g/mol. The molecular weight excluding hydrogens is 288 g/mol. The SMILES string of the molecule is CC(C)NCC(=O)CCC(=O)N[C@@H]1C[C@H](CCO)[C@@H](O)[C@H]1O. The Hall–Kier alpha value is -1.02. The molecule has 5 N–H and O–H groups in total. The molecule has 0 heterocycles. The molecule has 0 spiro atoms. The molecule has 0 aromatic heterocycles. The molecule has 0 aromatic carbocycles. The fourth-order valence-corrected chi connectivity index (χ4v) is 2.66. The average molecular weight is 316 g/mol. The molecule has 1 saturated carbocycles. The van der Waals surface area contributed by atoms with Crippen LogP contribution in [0.2, 0.25) is 0 Å². The Kier molecular flexibility index (Phi) is 7.95.